The van der Waals surface area contributed by atoms with Gasteiger partial charge in [0.05, 0.1) is 29.1 Å². The number of aryl methyl sites for hydroxylation is 1. The number of pyridine rings is 1. The molecule has 0 radical (unpaired) electrons. The van der Waals surface area contributed by atoms with Crippen LogP contribution >= 0.6 is 0 Å². The monoisotopic (exact) mass is 393 g/mol. The van der Waals surface area contributed by atoms with E-state index in [4.69, 9.17) is 5.26 Å². The number of hydrogen-bond donors (Lipinski definition) is 1. The van der Waals surface area contributed by atoms with Crippen LogP contribution in [0.15, 0.2) is 48.8 Å². The van der Waals surface area contributed by atoms with Gasteiger partial charge in [0.25, 0.3) is 11.8 Å². The number of halogens is 2. The van der Waals surface area contributed by atoms with Crippen LogP contribution in [-0.4, -0.2) is 20.7 Å². The van der Waals surface area contributed by atoms with Gasteiger partial charge in [-0.3, -0.25) is 9.78 Å². The number of aromatic nitrogens is 3. The number of nitrogens with zero attached hydrogens (tertiary/aromatic N) is 4. The van der Waals surface area contributed by atoms with E-state index >= 15 is 0 Å². The van der Waals surface area contributed by atoms with E-state index in [1.807, 2.05) is 6.07 Å². The van der Waals surface area contributed by atoms with Gasteiger partial charge in [-0.1, -0.05) is 6.07 Å². The normalized spacial score (nSPS) is 15.6. The predicted octanol–water partition coefficient (Wildman–Crippen LogP) is 3.67. The van der Waals surface area contributed by atoms with Crippen molar-refractivity contribution in [2.24, 2.45) is 0 Å². The van der Waals surface area contributed by atoms with Crippen LogP contribution in [0.25, 0.3) is 5.69 Å². The van der Waals surface area contributed by atoms with E-state index in [-0.39, 0.29) is 17.6 Å². The van der Waals surface area contributed by atoms with Gasteiger partial charge in [0.1, 0.15) is 5.69 Å². The van der Waals surface area contributed by atoms with Crippen LogP contribution in [0.1, 0.15) is 52.3 Å². The van der Waals surface area contributed by atoms with Gasteiger partial charge < -0.3 is 5.32 Å². The number of carbonyl (C=O) groups is 1. The molecule has 1 aliphatic carbocycles. The highest BCUT2D eigenvalue weighted by Gasteiger charge is 2.29. The second-order valence-corrected chi connectivity index (χ2v) is 7.02. The molecule has 0 saturated heterocycles. The molecule has 4 rings (SSSR count). The molecule has 3 aromatic rings. The fourth-order valence-corrected chi connectivity index (χ4v) is 3.40. The Morgan fingerprint density at radius 1 is 1.34 bits per heavy atom. The van der Waals surface area contributed by atoms with Crippen molar-refractivity contribution in [1.29, 1.82) is 5.26 Å². The fraction of sp³-hybridized carbons (Fsp3) is 0.238. The van der Waals surface area contributed by atoms with Gasteiger partial charge in [-0.2, -0.15) is 19.1 Å². The van der Waals surface area contributed by atoms with E-state index in [0.29, 0.717) is 29.7 Å². The third-order valence-corrected chi connectivity index (χ3v) is 4.89. The van der Waals surface area contributed by atoms with Crippen molar-refractivity contribution < 1.29 is 13.6 Å². The Hall–Kier alpha value is -3.60. The molecule has 0 aliphatic heterocycles. The summed E-state index contributed by atoms with van der Waals surface area (Å²) in [6, 6.07) is 11.2. The average Bonchev–Trinajstić information content (AvgIpc) is 3.29. The molecule has 0 saturated carbocycles. The Kier molecular flexibility index (Phi) is 4.59. The van der Waals surface area contributed by atoms with E-state index in [0.717, 1.165) is 18.2 Å². The lowest BCUT2D eigenvalue weighted by atomic mass is 10.1. The molecule has 2 aromatic heterocycles. The van der Waals surface area contributed by atoms with Crippen LogP contribution in [0.4, 0.5) is 8.78 Å². The first-order valence-corrected chi connectivity index (χ1v) is 9.09. The van der Waals surface area contributed by atoms with Crippen molar-refractivity contribution >= 4 is 5.91 Å². The van der Waals surface area contributed by atoms with E-state index in [1.165, 1.54) is 23.0 Å². The van der Waals surface area contributed by atoms with Crippen LogP contribution in [-0.2, 0) is 12.3 Å². The average molecular weight is 393 g/mol. The number of amides is 1. The number of rotatable bonds is 4. The van der Waals surface area contributed by atoms with Gasteiger partial charge >= 0.3 is 0 Å². The molecule has 29 heavy (non-hydrogen) atoms. The maximum absolute atomic E-state index is 13.6. The second kappa shape index (κ2) is 7.09. The van der Waals surface area contributed by atoms with Gasteiger partial charge in [-0.05, 0) is 43.2 Å². The molecular weight excluding hydrogens is 376 g/mol. The van der Waals surface area contributed by atoms with Crippen LogP contribution < -0.4 is 5.32 Å². The smallest absolute Gasteiger partial charge is 0.287 e. The quantitative estimate of drug-likeness (QED) is 0.733. The summed E-state index contributed by atoms with van der Waals surface area (Å²) in [5.41, 5.74) is 2.66. The molecule has 1 atom stereocenters. The largest absolute Gasteiger partial charge is 0.345 e. The van der Waals surface area contributed by atoms with Crippen LogP contribution in [0.3, 0.4) is 0 Å². The summed E-state index contributed by atoms with van der Waals surface area (Å²) >= 11 is 0. The summed E-state index contributed by atoms with van der Waals surface area (Å²) < 4.78 is 28.7. The number of benzene rings is 1. The van der Waals surface area contributed by atoms with Crippen molar-refractivity contribution in [2.45, 2.75) is 31.7 Å². The summed E-state index contributed by atoms with van der Waals surface area (Å²) in [6.45, 7) is 0.801. The Labute approximate surface area is 165 Å². The molecule has 1 aromatic carbocycles. The number of nitriles is 1. The molecule has 1 aliphatic rings. The Balaban J connectivity index is 1.57. The van der Waals surface area contributed by atoms with E-state index in [1.54, 1.807) is 30.5 Å². The molecule has 2 heterocycles. The number of fused-ring (bicyclic) bond motifs is 1. The van der Waals surface area contributed by atoms with E-state index in [2.05, 4.69) is 15.4 Å². The molecule has 0 spiro atoms. The zero-order valence-electron chi connectivity index (χ0n) is 15.6. The van der Waals surface area contributed by atoms with E-state index < -0.39 is 5.92 Å². The maximum Gasteiger partial charge on any atom is 0.287 e. The topological polar surface area (TPSA) is 83.6 Å². The Bertz CT molecular complexity index is 1130. The van der Waals surface area contributed by atoms with Crippen LogP contribution in [0.5, 0.6) is 0 Å². The highest BCUT2D eigenvalue weighted by Crippen LogP contribution is 2.32. The first-order valence-electron chi connectivity index (χ1n) is 9.09. The maximum atomic E-state index is 13.6. The number of nitrogens with one attached hydrogen (secondary N) is 1. The lowest BCUT2D eigenvalue weighted by molar-refractivity contribution is 0.0127. The van der Waals surface area contributed by atoms with Gasteiger partial charge in [0, 0.05) is 30.4 Å². The molecule has 1 amide bonds. The Morgan fingerprint density at radius 3 is 2.93 bits per heavy atom. The summed E-state index contributed by atoms with van der Waals surface area (Å²) in [6.07, 6.45) is 4.46. The highest BCUT2D eigenvalue weighted by atomic mass is 19.3. The lowest BCUT2D eigenvalue weighted by Crippen LogP contribution is -2.27. The summed E-state index contributed by atoms with van der Waals surface area (Å²) in [7, 11) is 0. The minimum absolute atomic E-state index is 0.231. The van der Waals surface area contributed by atoms with Crippen LogP contribution in [0.2, 0.25) is 0 Å². The third kappa shape index (κ3) is 3.72. The number of alkyl halides is 2. The zero-order valence-corrected chi connectivity index (χ0v) is 15.6. The second-order valence-electron chi connectivity index (χ2n) is 7.02. The summed E-state index contributed by atoms with van der Waals surface area (Å²) in [4.78, 5) is 16.3. The van der Waals surface area contributed by atoms with E-state index in [9.17, 15) is 13.6 Å². The SMILES string of the molecule is CC(F)(F)c1cc(-n2cc3c(n2)CC[C@H]3NC(=O)c2cccc(C#N)c2)ccn1. The van der Waals surface area contributed by atoms with Crippen molar-refractivity contribution in [2.75, 3.05) is 0 Å². The summed E-state index contributed by atoms with van der Waals surface area (Å²) in [5, 5.41) is 16.5. The van der Waals surface area contributed by atoms with Crippen molar-refractivity contribution in [1.82, 2.24) is 20.1 Å². The summed E-state index contributed by atoms with van der Waals surface area (Å²) in [5.74, 6) is -3.31. The van der Waals surface area contributed by atoms with Crippen molar-refractivity contribution in [3.05, 3.63) is 76.9 Å². The third-order valence-electron chi connectivity index (χ3n) is 4.89. The lowest BCUT2D eigenvalue weighted by Gasteiger charge is -2.13. The number of hydrogen-bond acceptors (Lipinski definition) is 4. The van der Waals surface area contributed by atoms with Gasteiger partial charge in [0.2, 0.25) is 0 Å². The molecule has 1 N–H and O–H groups in total. The molecule has 0 bridgehead atoms. The molecule has 0 fully saturated rings. The highest BCUT2D eigenvalue weighted by molar-refractivity contribution is 5.94. The van der Waals surface area contributed by atoms with Crippen molar-refractivity contribution in [3.8, 4) is 11.8 Å². The number of carbonyl (C=O) groups excluding carboxylic acids is 1. The molecule has 0 unspecified atom stereocenters. The molecular formula is C21H17F2N5O. The standard InChI is InChI=1S/C21H17F2N5O/c1-21(22,23)19-10-15(7-8-25-19)28-12-16-17(5-6-18(16)27-28)26-20(29)14-4-2-3-13(9-14)11-24/h2-4,7-10,12,17H,5-6H2,1H3,(H,26,29)/t17-/m1/s1. The van der Waals surface area contributed by atoms with Gasteiger partial charge in [-0.25, -0.2) is 4.68 Å². The molecule has 146 valence electrons. The van der Waals surface area contributed by atoms with Gasteiger partial charge in [0.15, 0.2) is 0 Å². The van der Waals surface area contributed by atoms with Gasteiger partial charge in [-0.15, -0.1) is 0 Å². The minimum atomic E-state index is -3.04. The minimum Gasteiger partial charge on any atom is -0.345 e. The molecule has 6 nitrogen and oxygen atoms in total. The first-order chi connectivity index (χ1) is 13.8. The fourth-order valence-electron chi connectivity index (χ4n) is 3.40. The predicted molar refractivity (Wildman–Crippen MR) is 101 cm³/mol. The molecule has 8 heteroatoms. The van der Waals surface area contributed by atoms with Crippen molar-refractivity contribution in [3.63, 3.8) is 0 Å². The zero-order chi connectivity index (χ0) is 20.6. The first kappa shape index (κ1) is 18.7. The van der Waals surface area contributed by atoms with Crippen LogP contribution in [0, 0.1) is 11.3 Å². The Morgan fingerprint density at radius 2 is 2.17 bits per heavy atom.